The van der Waals surface area contributed by atoms with Crippen LogP contribution in [0.15, 0.2) is 42.5 Å². The number of allylic oxidation sites excluding steroid dienone is 4. The second-order valence-corrected chi connectivity index (χ2v) is 4.68. The maximum Gasteiger partial charge on any atom is 0.298 e. The number of para-hydroxylation sites is 1. The molecule has 3 nitrogen and oxygen atoms in total. The van der Waals surface area contributed by atoms with Crippen LogP contribution < -0.4 is 4.74 Å². The van der Waals surface area contributed by atoms with Gasteiger partial charge >= 0.3 is 0 Å². The molecule has 18 heavy (non-hydrogen) atoms. The van der Waals surface area contributed by atoms with Crippen LogP contribution in [0.3, 0.4) is 0 Å². The zero-order chi connectivity index (χ0) is 12.6. The third-order valence-electron chi connectivity index (χ3n) is 3.45. The maximum atomic E-state index is 10.2. The van der Waals surface area contributed by atoms with Crippen molar-refractivity contribution in [3.05, 3.63) is 48.1 Å². The number of rotatable bonds is 0. The van der Waals surface area contributed by atoms with E-state index in [9.17, 15) is 5.11 Å². The van der Waals surface area contributed by atoms with Crippen molar-refractivity contribution in [1.82, 2.24) is 0 Å². The predicted molar refractivity (Wildman–Crippen MR) is 67.5 cm³/mol. The zero-order valence-electron chi connectivity index (χ0n) is 9.84. The minimum atomic E-state index is -1.73. The predicted octanol–water partition coefficient (Wildman–Crippen LogP) is 2.64. The fraction of sp³-hybridized carbons (Fsp3) is 0.267. The first-order valence-electron chi connectivity index (χ1n) is 6.01. The molecule has 1 N–H and O–H groups in total. The van der Waals surface area contributed by atoms with E-state index in [-0.39, 0.29) is 5.92 Å². The summed E-state index contributed by atoms with van der Waals surface area (Å²) in [5.74, 6) is -1.03. The molecule has 2 atom stereocenters. The monoisotopic (exact) mass is 239 g/mol. The summed E-state index contributed by atoms with van der Waals surface area (Å²) in [6.45, 7) is 0. The van der Waals surface area contributed by atoms with E-state index in [4.69, 9.17) is 10.00 Å². The second-order valence-electron chi connectivity index (χ2n) is 4.68. The van der Waals surface area contributed by atoms with Crippen LogP contribution in [0.25, 0.3) is 5.57 Å². The molecule has 3 rings (SSSR count). The summed E-state index contributed by atoms with van der Waals surface area (Å²) in [4.78, 5) is 0. The molecule has 0 fully saturated rings. The Morgan fingerprint density at radius 2 is 2.22 bits per heavy atom. The molecule has 0 bridgehead atoms. The van der Waals surface area contributed by atoms with Crippen molar-refractivity contribution >= 4 is 5.57 Å². The van der Waals surface area contributed by atoms with Crippen molar-refractivity contribution in [2.45, 2.75) is 18.6 Å². The van der Waals surface area contributed by atoms with Crippen LogP contribution in [0.1, 0.15) is 18.4 Å². The first-order valence-corrected chi connectivity index (χ1v) is 6.01. The molecule has 0 saturated heterocycles. The summed E-state index contributed by atoms with van der Waals surface area (Å²) in [5.41, 5.74) is 2.11. The van der Waals surface area contributed by atoms with Gasteiger partial charge < -0.3 is 9.84 Å². The van der Waals surface area contributed by atoms with Crippen LogP contribution in [0.5, 0.6) is 5.75 Å². The highest BCUT2D eigenvalue weighted by Gasteiger charge is 2.38. The van der Waals surface area contributed by atoms with Gasteiger partial charge in [0.1, 0.15) is 11.8 Å². The largest absolute Gasteiger partial charge is 0.449 e. The van der Waals surface area contributed by atoms with Crippen LogP contribution in [0.2, 0.25) is 0 Å². The molecule has 0 aromatic heterocycles. The van der Waals surface area contributed by atoms with Crippen molar-refractivity contribution in [3.8, 4) is 11.8 Å². The highest BCUT2D eigenvalue weighted by atomic mass is 16.6. The Labute approximate surface area is 106 Å². The number of ether oxygens (including phenoxy) is 1. The van der Waals surface area contributed by atoms with E-state index < -0.39 is 5.79 Å². The molecule has 0 saturated carbocycles. The van der Waals surface area contributed by atoms with Gasteiger partial charge in [-0.05, 0) is 24.0 Å². The molecule has 0 amide bonds. The van der Waals surface area contributed by atoms with E-state index >= 15 is 0 Å². The van der Waals surface area contributed by atoms with Crippen LogP contribution >= 0.6 is 0 Å². The average Bonchev–Trinajstić information content (AvgIpc) is 2.52. The van der Waals surface area contributed by atoms with Crippen LogP contribution in [-0.4, -0.2) is 10.9 Å². The number of aliphatic hydroxyl groups is 1. The minimum absolute atomic E-state index is 0.128. The van der Waals surface area contributed by atoms with E-state index in [2.05, 4.69) is 6.08 Å². The number of nitriles is 1. The van der Waals surface area contributed by atoms with Gasteiger partial charge in [0.15, 0.2) is 0 Å². The van der Waals surface area contributed by atoms with Gasteiger partial charge in [-0.2, -0.15) is 5.26 Å². The minimum Gasteiger partial charge on any atom is -0.449 e. The second kappa shape index (κ2) is 4.01. The van der Waals surface area contributed by atoms with Gasteiger partial charge in [0.2, 0.25) is 0 Å². The Kier molecular flexibility index (Phi) is 2.46. The zero-order valence-corrected chi connectivity index (χ0v) is 9.84. The lowest BCUT2D eigenvalue weighted by atomic mass is 9.83. The van der Waals surface area contributed by atoms with Gasteiger partial charge in [-0.25, -0.2) is 0 Å². The van der Waals surface area contributed by atoms with E-state index in [1.54, 1.807) is 6.07 Å². The Morgan fingerprint density at radius 3 is 3.06 bits per heavy atom. The van der Waals surface area contributed by atoms with E-state index in [1.165, 1.54) is 0 Å². The Hall–Kier alpha value is -2.05. The molecule has 1 aromatic rings. The normalized spacial score (nSPS) is 29.1. The number of fused-ring (bicyclic) bond motifs is 3. The number of hydrogen-bond acceptors (Lipinski definition) is 3. The molecule has 1 aromatic carbocycles. The van der Waals surface area contributed by atoms with E-state index in [0.717, 1.165) is 17.6 Å². The highest BCUT2D eigenvalue weighted by molar-refractivity contribution is 5.75. The van der Waals surface area contributed by atoms with Crippen molar-refractivity contribution in [2.24, 2.45) is 5.92 Å². The quantitative estimate of drug-likeness (QED) is 0.708. The number of nitrogens with zero attached hydrogens (tertiary/aromatic N) is 1. The lowest BCUT2D eigenvalue weighted by Crippen LogP contribution is -2.35. The summed E-state index contributed by atoms with van der Waals surface area (Å²) >= 11 is 0. The van der Waals surface area contributed by atoms with E-state index in [0.29, 0.717) is 12.2 Å². The molecular formula is C15H13NO2. The molecule has 1 unspecified atom stereocenters. The summed E-state index contributed by atoms with van der Waals surface area (Å²) < 4.78 is 5.51. The van der Waals surface area contributed by atoms with Crippen molar-refractivity contribution in [2.75, 3.05) is 0 Å². The van der Waals surface area contributed by atoms with Gasteiger partial charge in [-0.1, -0.05) is 36.4 Å². The van der Waals surface area contributed by atoms with Gasteiger partial charge in [0.25, 0.3) is 5.79 Å². The van der Waals surface area contributed by atoms with E-state index in [1.807, 2.05) is 36.4 Å². The molecule has 0 radical (unpaired) electrons. The van der Waals surface area contributed by atoms with Gasteiger partial charge in [0, 0.05) is 12.0 Å². The molecule has 1 aliphatic heterocycles. The fourth-order valence-corrected chi connectivity index (χ4v) is 2.60. The molecule has 90 valence electrons. The lowest BCUT2D eigenvalue weighted by molar-refractivity contribution is -0.0963. The molecule has 1 aliphatic carbocycles. The van der Waals surface area contributed by atoms with Crippen LogP contribution in [-0.2, 0) is 0 Å². The number of hydrogen-bond donors (Lipinski definition) is 1. The van der Waals surface area contributed by atoms with Gasteiger partial charge in [0.05, 0.1) is 0 Å². The smallest absolute Gasteiger partial charge is 0.298 e. The third-order valence-corrected chi connectivity index (χ3v) is 3.45. The summed E-state index contributed by atoms with van der Waals surface area (Å²) in [6, 6.07) is 9.42. The Balaban J connectivity index is 2.17. The fourth-order valence-electron chi connectivity index (χ4n) is 2.60. The Morgan fingerprint density at radius 1 is 1.39 bits per heavy atom. The van der Waals surface area contributed by atoms with Crippen LogP contribution in [0.4, 0.5) is 0 Å². The van der Waals surface area contributed by atoms with Gasteiger partial charge in [-0.15, -0.1) is 0 Å². The van der Waals surface area contributed by atoms with Crippen molar-refractivity contribution < 1.29 is 9.84 Å². The molecule has 3 heteroatoms. The maximum absolute atomic E-state index is 10.2. The lowest BCUT2D eigenvalue weighted by Gasteiger charge is -2.23. The van der Waals surface area contributed by atoms with Crippen LogP contribution in [0, 0.1) is 17.2 Å². The third kappa shape index (κ3) is 1.71. The average molecular weight is 239 g/mol. The summed E-state index contributed by atoms with van der Waals surface area (Å²) in [7, 11) is 0. The Bertz CT molecular complexity index is 582. The topological polar surface area (TPSA) is 53.2 Å². The first-order chi connectivity index (χ1) is 8.72. The summed E-state index contributed by atoms with van der Waals surface area (Å²) in [5, 5.41) is 19.3. The SMILES string of the molecule is N#C[C@]1(O)CC2CC=CC=C2c2ccccc2O1. The number of benzene rings is 1. The van der Waals surface area contributed by atoms with Crippen molar-refractivity contribution in [3.63, 3.8) is 0 Å². The molecule has 1 heterocycles. The molecular weight excluding hydrogens is 226 g/mol. The standard InChI is InChI=1S/C15H13NO2/c16-10-15(17)9-11-5-1-2-6-12(11)13-7-3-4-8-14(13)18-15/h1-4,6-8,11,17H,5,9H2/t11?,15-/m0/s1. The molecule has 0 spiro atoms. The first kappa shape index (κ1) is 11.1. The van der Waals surface area contributed by atoms with Crippen molar-refractivity contribution in [1.29, 1.82) is 5.26 Å². The van der Waals surface area contributed by atoms with Gasteiger partial charge in [-0.3, -0.25) is 0 Å². The molecule has 2 aliphatic rings. The summed E-state index contributed by atoms with van der Waals surface area (Å²) in [6.07, 6.45) is 7.24. The highest BCUT2D eigenvalue weighted by Crippen LogP contribution is 2.43.